The predicted octanol–water partition coefficient (Wildman–Crippen LogP) is 3.03. The van der Waals surface area contributed by atoms with Crippen LogP contribution in [0.3, 0.4) is 0 Å². The lowest BCUT2D eigenvalue weighted by molar-refractivity contribution is -0.142. The maximum Gasteiger partial charge on any atom is 0.436 e. The number of halogens is 4. The van der Waals surface area contributed by atoms with Crippen molar-refractivity contribution in [1.82, 2.24) is 19.0 Å². The minimum absolute atomic E-state index is 0.120. The Morgan fingerprint density at radius 3 is 2.43 bits per heavy atom. The lowest BCUT2D eigenvalue weighted by Crippen LogP contribution is -2.51. The number of sulfonamides is 1. The summed E-state index contributed by atoms with van der Waals surface area (Å²) < 4.78 is 67.3. The standard InChI is InChI=1S/C17H18ClF3N4O3S2/c18-14-15(11-3-4-11)25(22-16(14)17(19,20)21)10-12(26)23-5-7-24(8-6-23)30(27,28)13-2-1-9-29-13/h1-2,9,11H,3-8,10H2. The summed E-state index contributed by atoms with van der Waals surface area (Å²) in [4.78, 5) is 14.1. The van der Waals surface area contributed by atoms with Crippen LogP contribution in [0.1, 0.15) is 30.1 Å². The van der Waals surface area contributed by atoms with E-state index < -0.39 is 32.8 Å². The Morgan fingerprint density at radius 1 is 1.23 bits per heavy atom. The quantitative estimate of drug-likeness (QED) is 0.656. The molecule has 1 saturated carbocycles. The molecule has 0 aromatic carbocycles. The molecule has 2 aromatic rings. The van der Waals surface area contributed by atoms with Gasteiger partial charge in [-0.25, -0.2) is 8.42 Å². The molecule has 0 N–H and O–H groups in total. The van der Waals surface area contributed by atoms with Crippen molar-refractivity contribution in [2.75, 3.05) is 26.2 Å². The number of rotatable bonds is 5. The second kappa shape index (κ2) is 7.81. The first-order chi connectivity index (χ1) is 14.1. The summed E-state index contributed by atoms with van der Waals surface area (Å²) in [5.41, 5.74) is -0.929. The van der Waals surface area contributed by atoms with Gasteiger partial charge in [0.15, 0.2) is 5.69 Å². The molecule has 0 spiro atoms. The molecule has 2 aliphatic rings. The van der Waals surface area contributed by atoms with Crippen LogP contribution >= 0.6 is 22.9 Å². The Morgan fingerprint density at radius 2 is 1.90 bits per heavy atom. The van der Waals surface area contributed by atoms with Gasteiger partial charge < -0.3 is 4.90 Å². The third-order valence-electron chi connectivity index (χ3n) is 5.13. The molecule has 1 aliphatic carbocycles. The molecule has 3 heterocycles. The zero-order chi connectivity index (χ0) is 21.7. The molecular formula is C17H18ClF3N4O3S2. The van der Waals surface area contributed by atoms with Crippen LogP contribution < -0.4 is 0 Å². The van der Waals surface area contributed by atoms with E-state index in [1.54, 1.807) is 11.4 Å². The molecule has 0 bridgehead atoms. The third kappa shape index (κ3) is 4.10. The highest BCUT2D eigenvalue weighted by Gasteiger charge is 2.42. The van der Waals surface area contributed by atoms with Crippen molar-refractivity contribution in [1.29, 1.82) is 0 Å². The number of alkyl halides is 3. The van der Waals surface area contributed by atoms with Crippen LogP contribution in [-0.2, 0) is 27.5 Å². The summed E-state index contributed by atoms with van der Waals surface area (Å²) in [7, 11) is -3.60. The van der Waals surface area contributed by atoms with E-state index in [0.29, 0.717) is 12.8 Å². The normalized spacial score (nSPS) is 18.7. The molecule has 4 rings (SSSR count). The molecule has 0 atom stereocenters. The highest BCUT2D eigenvalue weighted by atomic mass is 35.5. The lowest BCUT2D eigenvalue weighted by atomic mass is 10.2. The molecule has 7 nitrogen and oxygen atoms in total. The van der Waals surface area contributed by atoms with Crippen LogP contribution in [0, 0.1) is 0 Å². The molecule has 0 radical (unpaired) electrons. The fraction of sp³-hybridized carbons (Fsp3) is 0.529. The first-order valence-electron chi connectivity index (χ1n) is 9.24. The van der Waals surface area contributed by atoms with Crippen molar-refractivity contribution in [3.05, 3.63) is 33.9 Å². The van der Waals surface area contributed by atoms with E-state index in [2.05, 4.69) is 5.10 Å². The SMILES string of the molecule is O=C(Cn1nc(C(F)(F)F)c(Cl)c1C1CC1)N1CCN(S(=O)(=O)c2cccs2)CC1. The molecule has 0 unspecified atom stereocenters. The van der Waals surface area contributed by atoms with Crippen LogP contribution in [0.2, 0.25) is 5.02 Å². The van der Waals surface area contributed by atoms with E-state index in [-0.39, 0.29) is 48.5 Å². The smallest absolute Gasteiger partial charge is 0.338 e. The summed E-state index contributed by atoms with van der Waals surface area (Å²) in [6.07, 6.45) is -3.29. The van der Waals surface area contributed by atoms with E-state index in [0.717, 1.165) is 16.0 Å². The van der Waals surface area contributed by atoms with E-state index >= 15 is 0 Å². The second-order valence-corrected chi connectivity index (χ2v) is 10.7. The molecule has 1 saturated heterocycles. The van der Waals surface area contributed by atoms with Gasteiger partial charge in [-0.15, -0.1) is 11.3 Å². The van der Waals surface area contributed by atoms with E-state index in [1.165, 1.54) is 15.3 Å². The average molecular weight is 483 g/mol. The average Bonchev–Trinajstić information content (AvgIpc) is 3.23. The maximum absolute atomic E-state index is 13.2. The summed E-state index contributed by atoms with van der Waals surface area (Å²) in [6, 6.07) is 3.18. The van der Waals surface area contributed by atoms with Gasteiger partial charge in [-0.2, -0.15) is 22.6 Å². The zero-order valence-corrected chi connectivity index (χ0v) is 18.0. The molecule has 1 amide bonds. The molecule has 2 fully saturated rings. The van der Waals surface area contributed by atoms with Crippen molar-refractivity contribution in [2.45, 2.75) is 35.7 Å². The van der Waals surface area contributed by atoms with Crippen LogP contribution in [0.15, 0.2) is 21.7 Å². The maximum atomic E-state index is 13.2. The molecule has 13 heteroatoms. The number of amides is 1. The third-order valence-corrected chi connectivity index (χ3v) is 8.77. The fourth-order valence-corrected chi connectivity index (χ4v) is 6.41. The van der Waals surface area contributed by atoms with Gasteiger partial charge in [0.2, 0.25) is 5.91 Å². The van der Waals surface area contributed by atoms with Crippen molar-refractivity contribution in [2.24, 2.45) is 0 Å². The Kier molecular flexibility index (Phi) is 5.62. The lowest BCUT2D eigenvalue weighted by Gasteiger charge is -2.33. The van der Waals surface area contributed by atoms with Gasteiger partial charge in [0.1, 0.15) is 10.8 Å². The largest absolute Gasteiger partial charge is 0.436 e. The minimum atomic E-state index is -4.70. The molecule has 2 aromatic heterocycles. The topological polar surface area (TPSA) is 75.5 Å². The Hall–Kier alpha value is -1.63. The number of piperazine rings is 1. The monoisotopic (exact) mass is 482 g/mol. The van der Waals surface area contributed by atoms with Gasteiger partial charge >= 0.3 is 6.18 Å². The minimum Gasteiger partial charge on any atom is -0.338 e. The number of carbonyl (C=O) groups is 1. The number of aromatic nitrogens is 2. The number of thiophene rings is 1. The second-order valence-electron chi connectivity index (χ2n) is 7.19. The van der Waals surface area contributed by atoms with E-state index in [9.17, 15) is 26.4 Å². The predicted molar refractivity (Wildman–Crippen MR) is 104 cm³/mol. The molecule has 30 heavy (non-hydrogen) atoms. The van der Waals surface area contributed by atoms with Crippen LogP contribution in [0.4, 0.5) is 13.2 Å². The van der Waals surface area contributed by atoms with Crippen molar-refractivity contribution >= 4 is 38.9 Å². The number of nitrogens with zero attached hydrogens (tertiary/aromatic N) is 4. The van der Waals surface area contributed by atoms with Gasteiger partial charge in [0.05, 0.1) is 10.7 Å². The van der Waals surface area contributed by atoms with Crippen LogP contribution in [0.25, 0.3) is 0 Å². The van der Waals surface area contributed by atoms with Gasteiger partial charge in [-0.05, 0) is 24.3 Å². The summed E-state index contributed by atoms with van der Waals surface area (Å²) in [5.74, 6) is -0.542. The van der Waals surface area contributed by atoms with Gasteiger partial charge in [-0.3, -0.25) is 9.48 Å². The highest BCUT2D eigenvalue weighted by Crippen LogP contribution is 2.46. The number of hydrogen-bond acceptors (Lipinski definition) is 5. The first kappa shape index (κ1) is 21.6. The van der Waals surface area contributed by atoms with Gasteiger partial charge in [0, 0.05) is 32.1 Å². The van der Waals surface area contributed by atoms with Crippen LogP contribution in [-0.4, -0.2) is 59.5 Å². The van der Waals surface area contributed by atoms with E-state index in [1.807, 2.05) is 0 Å². The molecule has 1 aliphatic heterocycles. The summed E-state index contributed by atoms with van der Waals surface area (Å²) in [6.45, 7) is 0.191. The number of carbonyl (C=O) groups excluding carboxylic acids is 1. The fourth-order valence-electron chi connectivity index (χ4n) is 3.44. The summed E-state index contributed by atoms with van der Waals surface area (Å²) in [5, 5.41) is 4.81. The zero-order valence-electron chi connectivity index (χ0n) is 15.6. The van der Waals surface area contributed by atoms with Crippen molar-refractivity contribution in [3.63, 3.8) is 0 Å². The summed E-state index contributed by atoms with van der Waals surface area (Å²) >= 11 is 7.06. The highest BCUT2D eigenvalue weighted by molar-refractivity contribution is 7.91. The van der Waals surface area contributed by atoms with Crippen molar-refractivity contribution in [3.8, 4) is 0 Å². The Bertz CT molecular complexity index is 1040. The van der Waals surface area contributed by atoms with Gasteiger partial charge in [-0.1, -0.05) is 17.7 Å². The van der Waals surface area contributed by atoms with Crippen molar-refractivity contribution < 1.29 is 26.4 Å². The Balaban J connectivity index is 1.45. The van der Waals surface area contributed by atoms with Gasteiger partial charge in [0.25, 0.3) is 10.0 Å². The Labute approximate surface area is 180 Å². The molecular weight excluding hydrogens is 465 g/mol. The first-order valence-corrected chi connectivity index (χ1v) is 11.9. The van der Waals surface area contributed by atoms with Crippen LogP contribution in [0.5, 0.6) is 0 Å². The molecule has 164 valence electrons. The number of hydrogen-bond donors (Lipinski definition) is 0. The van der Waals surface area contributed by atoms with E-state index in [4.69, 9.17) is 11.6 Å².